The van der Waals surface area contributed by atoms with E-state index in [9.17, 15) is 4.79 Å². The zero-order valence-electron chi connectivity index (χ0n) is 11.7. The molecule has 0 unspecified atom stereocenters. The Bertz CT molecular complexity index is 616. The molecule has 1 aliphatic heterocycles. The fourth-order valence-electron chi connectivity index (χ4n) is 2.41. The van der Waals surface area contributed by atoms with Gasteiger partial charge in [0.2, 0.25) is 5.91 Å². The molecule has 5 heteroatoms. The van der Waals surface area contributed by atoms with Gasteiger partial charge in [-0.25, -0.2) is 0 Å². The Morgan fingerprint density at radius 3 is 3.10 bits per heavy atom. The van der Waals surface area contributed by atoms with Crippen LogP contribution >= 0.6 is 0 Å². The van der Waals surface area contributed by atoms with Crippen molar-refractivity contribution in [2.24, 2.45) is 5.92 Å². The SMILES string of the molecule is O=C(NCCc1cnccn1)[C@@H]1COc2ccccc2C1. The second kappa shape index (κ2) is 6.35. The molecule has 0 radical (unpaired) electrons. The van der Waals surface area contributed by atoms with Crippen molar-refractivity contribution in [3.63, 3.8) is 0 Å². The van der Waals surface area contributed by atoms with E-state index in [-0.39, 0.29) is 11.8 Å². The molecule has 1 aromatic heterocycles. The van der Waals surface area contributed by atoms with Gasteiger partial charge < -0.3 is 10.1 Å². The van der Waals surface area contributed by atoms with Gasteiger partial charge in [-0.15, -0.1) is 0 Å². The number of hydrogen-bond acceptors (Lipinski definition) is 4. The number of nitrogens with zero attached hydrogens (tertiary/aromatic N) is 2. The minimum absolute atomic E-state index is 0.0355. The van der Waals surface area contributed by atoms with E-state index in [1.807, 2.05) is 24.3 Å². The quantitative estimate of drug-likeness (QED) is 0.921. The first kappa shape index (κ1) is 13.5. The molecule has 21 heavy (non-hydrogen) atoms. The topological polar surface area (TPSA) is 64.1 Å². The number of carbonyl (C=O) groups excluding carboxylic acids is 1. The maximum Gasteiger partial charge on any atom is 0.226 e. The smallest absolute Gasteiger partial charge is 0.226 e. The molecule has 1 atom stereocenters. The van der Waals surface area contributed by atoms with E-state index in [1.165, 1.54) is 0 Å². The zero-order chi connectivity index (χ0) is 14.5. The number of ether oxygens (including phenoxy) is 1. The van der Waals surface area contributed by atoms with Gasteiger partial charge in [0, 0.05) is 31.6 Å². The lowest BCUT2D eigenvalue weighted by molar-refractivity contribution is -0.126. The van der Waals surface area contributed by atoms with Gasteiger partial charge in [0.05, 0.1) is 11.6 Å². The highest BCUT2D eigenvalue weighted by Crippen LogP contribution is 2.26. The van der Waals surface area contributed by atoms with Gasteiger partial charge in [-0.2, -0.15) is 0 Å². The normalized spacial score (nSPS) is 16.7. The summed E-state index contributed by atoms with van der Waals surface area (Å²) >= 11 is 0. The molecule has 0 saturated heterocycles. The predicted molar refractivity (Wildman–Crippen MR) is 77.9 cm³/mol. The number of hydrogen-bond donors (Lipinski definition) is 1. The molecule has 2 heterocycles. The molecule has 0 aliphatic carbocycles. The molecule has 0 saturated carbocycles. The summed E-state index contributed by atoms with van der Waals surface area (Å²) < 4.78 is 5.64. The lowest BCUT2D eigenvalue weighted by Crippen LogP contribution is -2.38. The number of para-hydroxylation sites is 1. The van der Waals surface area contributed by atoms with Crippen molar-refractivity contribution in [2.45, 2.75) is 12.8 Å². The van der Waals surface area contributed by atoms with Crippen molar-refractivity contribution >= 4 is 5.91 Å². The van der Waals surface area contributed by atoms with Crippen molar-refractivity contribution in [1.82, 2.24) is 15.3 Å². The van der Waals surface area contributed by atoms with E-state index in [0.717, 1.165) is 23.4 Å². The van der Waals surface area contributed by atoms with E-state index >= 15 is 0 Å². The van der Waals surface area contributed by atoms with Crippen LogP contribution in [0, 0.1) is 5.92 Å². The van der Waals surface area contributed by atoms with Crippen molar-refractivity contribution in [3.8, 4) is 5.75 Å². The van der Waals surface area contributed by atoms with Gasteiger partial charge in [0.15, 0.2) is 0 Å². The summed E-state index contributed by atoms with van der Waals surface area (Å²) in [6.45, 7) is 1.00. The maximum absolute atomic E-state index is 12.2. The van der Waals surface area contributed by atoms with Crippen LogP contribution in [0.15, 0.2) is 42.9 Å². The Morgan fingerprint density at radius 1 is 1.33 bits per heavy atom. The third-order valence-corrected chi connectivity index (χ3v) is 3.55. The van der Waals surface area contributed by atoms with Crippen LogP contribution in [-0.4, -0.2) is 29.0 Å². The number of fused-ring (bicyclic) bond motifs is 1. The number of nitrogens with one attached hydrogen (secondary N) is 1. The third kappa shape index (κ3) is 3.37. The molecule has 2 aromatic rings. The van der Waals surface area contributed by atoms with Crippen LogP contribution in [0.3, 0.4) is 0 Å². The van der Waals surface area contributed by atoms with Gasteiger partial charge in [-0.3, -0.25) is 14.8 Å². The maximum atomic E-state index is 12.2. The highest BCUT2D eigenvalue weighted by atomic mass is 16.5. The fraction of sp³-hybridized carbons (Fsp3) is 0.312. The molecule has 1 aromatic carbocycles. The van der Waals surface area contributed by atoms with Crippen LogP contribution in [0.25, 0.3) is 0 Å². The van der Waals surface area contributed by atoms with Crippen LogP contribution in [-0.2, 0) is 17.6 Å². The lowest BCUT2D eigenvalue weighted by Gasteiger charge is -2.24. The van der Waals surface area contributed by atoms with Gasteiger partial charge in [-0.1, -0.05) is 18.2 Å². The summed E-state index contributed by atoms with van der Waals surface area (Å²) in [5, 5.41) is 2.94. The second-order valence-electron chi connectivity index (χ2n) is 5.06. The van der Waals surface area contributed by atoms with E-state index < -0.39 is 0 Å². The molecular formula is C16H17N3O2. The average molecular weight is 283 g/mol. The minimum Gasteiger partial charge on any atom is -0.492 e. The Morgan fingerprint density at radius 2 is 2.24 bits per heavy atom. The van der Waals surface area contributed by atoms with E-state index in [4.69, 9.17) is 4.74 Å². The molecule has 1 N–H and O–H groups in total. The van der Waals surface area contributed by atoms with Crippen molar-refractivity contribution in [3.05, 3.63) is 54.1 Å². The zero-order valence-corrected chi connectivity index (χ0v) is 11.7. The van der Waals surface area contributed by atoms with E-state index in [2.05, 4.69) is 15.3 Å². The third-order valence-electron chi connectivity index (χ3n) is 3.55. The molecule has 5 nitrogen and oxygen atoms in total. The monoisotopic (exact) mass is 283 g/mol. The summed E-state index contributed by atoms with van der Waals surface area (Å²) in [5.74, 6) is 0.802. The Labute approximate surface area is 123 Å². The molecule has 0 bridgehead atoms. The van der Waals surface area contributed by atoms with Gasteiger partial charge in [0.25, 0.3) is 0 Å². The number of aromatic nitrogens is 2. The summed E-state index contributed by atoms with van der Waals surface area (Å²) in [5.41, 5.74) is 1.97. The molecule has 1 amide bonds. The van der Waals surface area contributed by atoms with E-state index in [1.54, 1.807) is 18.6 Å². The molecule has 108 valence electrons. The summed E-state index contributed by atoms with van der Waals surface area (Å²) in [6.07, 6.45) is 6.42. The number of carbonyl (C=O) groups is 1. The lowest BCUT2D eigenvalue weighted by atomic mass is 9.96. The van der Waals surface area contributed by atoms with Crippen LogP contribution in [0.1, 0.15) is 11.3 Å². The number of rotatable bonds is 4. The molecule has 0 spiro atoms. The molecule has 3 rings (SSSR count). The Balaban J connectivity index is 1.50. The van der Waals surface area contributed by atoms with Crippen LogP contribution in [0.5, 0.6) is 5.75 Å². The van der Waals surface area contributed by atoms with Crippen LogP contribution in [0.2, 0.25) is 0 Å². The highest BCUT2D eigenvalue weighted by Gasteiger charge is 2.25. The van der Waals surface area contributed by atoms with Crippen molar-refractivity contribution < 1.29 is 9.53 Å². The number of amides is 1. The minimum atomic E-state index is -0.123. The first-order chi connectivity index (χ1) is 10.3. The second-order valence-corrected chi connectivity index (χ2v) is 5.06. The Hall–Kier alpha value is -2.43. The van der Waals surface area contributed by atoms with Gasteiger partial charge in [0.1, 0.15) is 12.4 Å². The van der Waals surface area contributed by atoms with Gasteiger partial charge in [-0.05, 0) is 18.1 Å². The molecule has 1 aliphatic rings. The first-order valence-electron chi connectivity index (χ1n) is 7.06. The standard InChI is InChI=1S/C16H17N3O2/c20-16(19-6-5-14-10-17-7-8-18-14)13-9-12-3-1-2-4-15(12)21-11-13/h1-4,7-8,10,13H,5-6,9,11H2,(H,19,20)/t13-/m0/s1. The van der Waals surface area contributed by atoms with Crippen LogP contribution in [0.4, 0.5) is 0 Å². The molecular weight excluding hydrogens is 266 g/mol. The summed E-state index contributed by atoms with van der Waals surface area (Å²) in [7, 11) is 0. The fourth-order valence-corrected chi connectivity index (χ4v) is 2.41. The Kier molecular flexibility index (Phi) is 4.09. The number of benzene rings is 1. The first-order valence-corrected chi connectivity index (χ1v) is 7.06. The van der Waals surface area contributed by atoms with Gasteiger partial charge >= 0.3 is 0 Å². The van der Waals surface area contributed by atoms with E-state index in [0.29, 0.717) is 19.6 Å². The highest BCUT2D eigenvalue weighted by molar-refractivity contribution is 5.79. The van der Waals surface area contributed by atoms with Crippen molar-refractivity contribution in [2.75, 3.05) is 13.2 Å². The summed E-state index contributed by atoms with van der Waals surface area (Å²) in [4.78, 5) is 20.4. The van der Waals surface area contributed by atoms with Crippen molar-refractivity contribution in [1.29, 1.82) is 0 Å². The predicted octanol–water partition coefficient (Wildman–Crippen LogP) is 1.39. The average Bonchev–Trinajstić information content (AvgIpc) is 2.55. The summed E-state index contributed by atoms with van der Waals surface area (Å²) in [6, 6.07) is 7.86. The van der Waals surface area contributed by atoms with Crippen LogP contribution < -0.4 is 10.1 Å². The largest absolute Gasteiger partial charge is 0.492 e. The molecule has 0 fully saturated rings.